The lowest BCUT2D eigenvalue weighted by molar-refractivity contribution is -0.111. The molecule has 14 heavy (non-hydrogen) atoms. The predicted molar refractivity (Wildman–Crippen MR) is 59.5 cm³/mol. The van der Waals surface area contributed by atoms with E-state index in [0.29, 0.717) is 5.69 Å². The second-order valence-corrected chi connectivity index (χ2v) is 3.89. The molecular weight excluding hydrogens is 176 g/mol. The van der Waals surface area contributed by atoms with Gasteiger partial charge >= 0.3 is 0 Å². The third-order valence-corrected chi connectivity index (χ3v) is 2.30. The van der Waals surface area contributed by atoms with Crippen molar-refractivity contribution < 1.29 is 4.79 Å². The maximum atomic E-state index is 10.9. The molecule has 0 spiro atoms. The van der Waals surface area contributed by atoms with Gasteiger partial charge in [0.25, 0.3) is 0 Å². The third-order valence-electron chi connectivity index (χ3n) is 2.30. The summed E-state index contributed by atoms with van der Waals surface area (Å²) in [5, 5.41) is 3.04. The fraction of sp³-hybridized carbons (Fsp3) is 0.364. The quantitative estimate of drug-likeness (QED) is 0.567. The van der Waals surface area contributed by atoms with Crippen molar-refractivity contribution in [2.24, 2.45) is 0 Å². The van der Waals surface area contributed by atoms with Gasteiger partial charge < -0.3 is 15.8 Å². The summed E-state index contributed by atoms with van der Waals surface area (Å²) in [4.78, 5) is 10.9. The molecule has 0 saturated carbocycles. The Morgan fingerprint density at radius 2 is 2.07 bits per heavy atom. The van der Waals surface area contributed by atoms with Crippen LogP contribution in [-0.2, 0) is 10.2 Å². The van der Waals surface area contributed by atoms with E-state index in [4.69, 9.17) is 5.73 Å². The molecular formula is C11H16N2O. The van der Waals surface area contributed by atoms with E-state index in [1.807, 2.05) is 33.0 Å². The van der Waals surface area contributed by atoms with Crippen molar-refractivity contribution in [2.75, 3.05) is 18.1 Å². The molecule has 0 aliphatic heterocycles. The smallest absolute Gasteiger partial charge is 0.130 e. The topological polar surface area (TPSA) is 55.1 Å². The summed E-state index contributed by atoms with van der Waals surface area (Å²) in [6.45, 7) is 3.76. The number of nitrogens with one attached hydrogen (secondary N) is 1. The highest BCUT2D eigenvalue weighted by Gasteiger charge is 2.22. The lowest BCUT2D eigenvalue weighted by Gasteiger charge is -2.21. The summed E-state index contributed by atoms with van der Waals surface area (Å²) in [7, 11) is 1.82. The Labute approximate surface area is 84.3 Å². The molecule has 3 heteroatoms. The van der Waals surface area contributed by atoms with Crippen LogP contribution >= 0.6 is 0 Å². The molecule has 1 aromatic carbocycles. The van der Waals surface area contributed by atoms with Crippen LogP contribution in [0.5, 0.6) is 0 Å². The molecule has 3 nitrogen and oxygen atoms in total. The zero-order chi connectivity index (χ0) is 10.8. The number of carbonyl (C=O) groups excluding carboxylic acids is 1. The molecule has 3 N–H and O–H groups in total. The van der Waals surface area contributed by atoms with Crippen molar-refractivity contribution in [3.8, 4) is 0 Å². The fourth-order valence-corrected chi connectivity index (χ4v) is 1.39. The molecule has 0 atom stereocenters. The van der Waals surface area contributed by atoms with Gasteiger partial charge in [0.05, 0.1) is 0 Å². The minimum Gasteiger partial charge on any atom is -0.399 e. The van der Waals surface area contributed by atoms with Gasteiger partial charge in [0.15, 0.2) is 0 Å². The van der Waals surface area contributed by atoms with Crippen molar-refractivity contribution in [3.05, 3.63) is 23.8 Å². The van der Waals surface area contributed by atoms with Crippen LogP contribution in [0.4, 0.5) is 11.4 Å². The monoisotopic (exact) mass is 192 g/mol. The molecule has 1 rings (SSSR count). The van der Waals surface area contributed by atoms with Crippen LogP contribution in [0, 0.1) is 0 Å². The number of nitrogen functional groups attached to an aromatic ring is 1. The Balaban J connectivity index is 3.27. The third kappa shape index (κ3) is 1.87. The van der Waals surface area contributed by atoms with Crippen LogP contribution in [0.3, 0.4) is 0 Å². The Morgan fingerprint density at radius 3 is 2.57 bits per heavy atom. The van der Waals surface area contributed by atoms with Crippen LogP contribution in [0.1, 0.15) is 19.4 Å². The summed E-state index contributed by atoms with van der Waals surface area (Å²) in [6.07, 6.45) is 0.944. The summed E-state index contributed by atoms with van der Waals surface area (Å²) in [5.41, 5.74) is 7.74. The van der Waals surface area contributed by atoms with E-state index >= 15 is 0 Å². The van der Waals surface area contributed by atoms with Crippen molar-refractivity contribution in [1.82, 2.24) is 0 Å². The van der Waals surface area contributed by atoms with E-state index in [9.17, 15) is 4.79 Å². The lowest BCUT2D eigenvalue weighted by atomic mass is 9.85. The van der Waals surface area contributed by atoms with Crippen LogP contribution in [0.2, 0.25) is 0 Å². The fourth-order valence-electron chi connectivity index (χ4n) is 1.39. The van der Waals surface area contributed by atoms with E-state index in [2.05, 4.69) is 5.32 Å². The molecule has 0 saturated heterocycles. The Hall–Kier alpha value is -1.51. The van der Waals surface area contributed by atoms with Crippen LogP contribution in [0.25, 0.3) is 0 Å². The maximum absolute atomic E-state index is 10.9. The number of hydrogen-bond acceptors (Lipinski definition) is 3. The highest BCUT2D eigenvalue weighted by Crippen LogP contribution is 2.29. The van der Waals surface area contributed by atoms with E-state index in [1.165, 1.54) is 0 Å². The minimum absolute atomic E-state index is 0.480. The van der Waals surface area contributed by atoms with Gasteiger partial charge in [0.2, 0.25) is 0 Å². The molecule has 0 amide bonds. The van der Waals surface area contributed by atoms with E-state index in [1.54, 1.807) is 6.07 Å². The van der Waals surface area contributed by atoms with Crippen molar-refractivity contribution in [3.63, 3.8) is 0 Å². The van der Waals surface area contributed by atoms with Crippen LogP contribution in [0.15, 0.2) is 18.2 Å². The lowest BCUT2D eigenvalue weighted by Crippen LogP contribution is -2.20. The number of benzene rings is 1. The summed E-state index contributed by atoms with van der Waals surface area (Å²) >= 11 is 0. The molecule has 0 bridgehead atoms. The van der Waals surface area contributed by atoms with Crippen molar-refractivity contribution in [1.29, 1.82) is 0 Å². The van der Waals surface area contributed by atoms with Crippen molar-refractivity contribution in [2.45, 2.75) is 19.3 Å². The van der Waals surface area contributed by atoms with Gasteiger partial charge in [-0.3, -0.25) is 0 Å². The first-order chi connectivity index (χ1) is 6.51. The molecule has 0 aliphatic rings. The maximum Gasteiger partial charge on any atom is 0.130 e. The predicted octanol–water partition coefficient (Wildman–Crippen LogP) is 1.79. The molecule has 0 radical (unpaired) electrons. The highest BCUT2D eigenvalue weighted by molar-refractivity contribution is 5.74. The van der Waals surface area contributed by atoms with Gasteiger partial charge in [0.1, 0.15) is 6.29 Å². The van der Waals surface area contributed by atoms with Gasteiger partial charge in [-0.25, -0.2) is 0 Å². The Kier molecular flexibility index (Phi) is 2.79. The molecule has 0 fully saturated rings. The van der Waals surface area contributed by atoms with E-state index < -0.39 is 5.41 Å². The Morgan fingerprint density at radius 1 is 1.43 bits per heavy atom. The molecule has 0 heterocycles. The number of aldehydes is 1. The standard InChI is InChI=1S/C11H16N2O/c1-11(2,7-14)9-5-4-8(12)6-10(9)13-3/h4-7,13H,12H2,1-3H3. The first kappa shape index (κ1) is 10.6. The van der Waals surface area contributed by atoms with Gasteiger partial charge in [-0.1, -0.05) is 6.07 Å². The average Bonchev–Trinajstić information content (AvgIpc) is 2.17. The van der Waals surface area contributed by atoms with Gasteiger partial charge in [-0.15, -0.1) is 0 Å². The highest BCUT2D eigenvalue weighted by atomic mass is 16.1. The number of hydrogen-bond donors (Lipinski definition) is 2. The molecule has 0 aromatic heterocycles. The van der Waals surface area contributed by atoms with Crippen LogP contribution < -0.4 is 11.1 Å². The average molecular weight is 192 g/mol. The summed E-state index contributed by atoms with van der Waals surface area (Å²) in [5.74, 6) is 0. The molecule has 0 unspecified atom stereocenters. The zero-order valence-corrected chi connectivity index (χ0v) is 8.79. The second kappa shape index (κ2) is 3.70. The molecule has 0 aliphatic carbocycles. The first-order valence-electron chi connectivity index (χ1n) is 4.55. The van der Waals surface area contributed by atoms with E-state index in [0.717, 1.165) is 17.5 Å². The van der Waals surface area contributed by atoms with Gasteiger partial charge in [0, 0.05) is 23.8 Å². The number of carbonyl (C=O) groups is 1. The van der Waals surface area contributed by atoms with E-state index in [-0.39, 0.29) is 0 Å². The summed E-state index contributed by atoms with van der Waals surface area (Å²) < 4.78 is 0. The SMILES string of the molecule is CNc1cc(N)ccc1C(C)(C)C=O. The van der Waals surface area contributed by atoms with Crippen LogP contribution in [-0.4, -0.2) is 13.3 Å². The number of anilines is 2. The van der Waals surface area contributed by atoms with Gasteiger partial charge in [-0.05, 0) is 31.5 Å². The summed E-state index contributed by atoms with van der Waals surface area (Å²) in [6, 6.07) is 5.53. The number of rotatable bonds is 3. The van der Waals surface area contributed by atoms with Gasteiger partial charge in [-0.2, -0.15) is 0 Å². The second-order valence-electron chi connectivity index (χ2n) is 3.89. The largest absolute Gasteiger partial charge is 0.399 e. The number of nitrogens with two attached hydrogens (primary N) is 1. The molecule has 1 aromatic rings. The zero-order valence-electron chi connectivity index (χ0n) is 8.79. The molecule has 76 valence electrons. The first-order valence-corrected chi connectivity index (χ1v) is 4.55. The minimum atomic E-state index is -0.480. The van der Waals surface area contributed by atoms with Crippen molar-refractivity contribution >= 4 is 17.7 Å². The normalized spacial score (nSPS) is 11.1. The Bertz CT molecular complexity index is 345.